The van der Waals surface area contributed by atoms with E-state index < -0.39 is 12.7 Å². The first-order valence-electron chi connectivity index (χ1n) is 6.03. The monoisotopic (exact) mass is 276 g/mol. The summed E-state index contributed by atoms with van der Waals surface area (Å²) in [6.45, 7) is 6.00. The van der Waals surface area contributed by atoms with E-state index in [9.17, 15) is 13.2 Å². The van der Waals surface area contributed by atoms with Gasteiger partial charge in [-0.2, -0.15) is 18.3 Å². The molecule has 0 aliphatic heterocycles. The van der Waals surface area contributed by atoms with Gasteiger partial charge < -0.3 is 10.6 Å². The third-order valence-corrected chi connectivity index (χ3v) is 3.01. The zero-order chi connectivity index (χ0) is 14.8. The molecule has 0 bridgehead atoms. The van der Waals surface area contributed by atoms with E-state index in [1.165, 1.54) is 4.90 Å². The van der Waals surface area contributed by atoms with E-state index in [0.29, 0.717) is 11.3 Å². The summed E-state index contributed by atoms with van der Waals surface area (Å²) >= 11 is 0. The van der Waals surface area contributed by atoms with E-state index >= 15 is 0 Å². The number of rotatable bonds is 4. The Morgan fingerprint density at radius 2 is 1.79 bits per heavy atom. The molecule has 7 heteroatoms. The van der Waals surface area contributed by atoms with Crippen molar-refractivity contribution in [3.63, 3.8) is 0 Å². The molecule has 1 heterocycles. The molecule has 108 valence electrons. The highest BCUT2D eigenvalue weighted by molar-refractivity contribution is 5.51. The van der Waals surface area contributed by atoms with Crippen LogP contribution in [0.15, 0.2) is 0 Å². The summed E-state index contributed by atoms with van der Waals surface area (Å²) in [7, 11) is 0. The molecule has 0 aliphatic rings. The maximum absolute atomic E-state index is 12.6. The van der Waals surface area contributed by atoms with E-state index in [4.69, 9.17) is 5.73 Å². The Hall–Kier alpha value is -1.37. The second-order valence-corrected chi connectivity index (χ2v) is 4.75. The van der Waals surface area contributed by atoms with Crippen LogP contribution in [-0.2, 0) is 6.54 Å². The smallest absolute Gasteiger partial charge is 0.343 e. The highest BCUT2D eigenvalue weighted by Gasteiger charge is 2.33. The Kier molecular flexibility index (Phi) is 4.73. The minimum atomic E-state index is -4.30. The number of aromatic nitrogens is 2. The van der Waals surface area contributed by atoms with Gasteiger partial charge in [-0.05, 0) is 33.3 Å². The maximum Gasteiger partial charge on any atom is 0.405 e. The van der Waals surface area contributed by atoms with Gasteiger partial charge in [0.1, 0.15) is 6.54 Å². The lowest BCUT2D eigenvalue weighted by Crippen LogP contribution is -2.40. The second kappa shape index (κ2) is 5.73. The molecule has 0 atom stereocenters. The van der Waals surface area contributed by atoms with Crippen LogP contribution in [0.2, 0.25) is 0 Å². The first kappa shape index (κ1) is 15.7. The quantitative estimate of drug-likeness (QED) is 0.917. The Labute approximate surface area is 110 Å². The average molecular weight is 276 g/mol. The van der Waals surface area contributed by atoms with Crippen molar-refractivity contribution in [1.82, 2.24) is 10.2 Å². The van der Waals surface area contributed by atoms with Crippen LogP contribution in [0.1, 0.15) is 30.7 Å². The van der Waals surface area contributed by atoms with E-state index in [0.717, 1.165) is 5.56 Å². The molecule has 4 nitrogen and oxygen atoms in total. The molecule has 1 rings (SSSR count). The van der Waals surface area contributed by atoms with Crippen LogP contribution in [0.3, 0.4) is 0 Å². The van der Waals surface area contributed by atoms with E-state index in [-0.39, 0.29) is 18.4 Å². The molecule has 0 saturated heterocycles. The lowest BCUT2D eigenvalue weighted by molar-refractivity contribution is -0.120. The molecule has 1 aromatic rings. The lowest BCUT2D eigenvalue weighted by Gasteiger charge is -2.30. The molecule has 0 aromatic carbocycles. The van der Waals surface area contributed by atoms with Gasteiger partial charge in [0.2, 0.25) is 0 Å². The van der Waals surface area contributed by atoms with Crippen molar-refractivity contribution in [2.45, 2.75) is 46.5 Å². The predicted molar refractivity (Wildman–Crippen MR) is 67.9 cm³/mol. The summed E-state index contributed by atoms with van der Waals surface area (Å²) < 4.78 is 37.9. The number of hydrogen-bond donors (Lipinski definition) is 1. The minimum absolute atomic E-state index is 0.138. The third kappa shape index (κ3) is 3.79. The number of anilines is 1. The van der Waals surface area contributed by atoms with Crippen LogP contribution < -0.4 is 10.6 Å². The molecule has 0 spiro atoms. The topological polar surface area (TPSA) is 55.0 Å². The molecule has 0 aliphatic carbocycles. The molecular weight excluding hydrogens is 257 g/mol. The molecule has 0 unspecified atom stereocenters. The standard InChI is InChI=1S/C12H19F3N4/c1-7(2)19(6-12(13,14)15)11-10(5-16)8(3)9(4)17-18-11/h7H,5-6,16H2,1-4H3. The van der Waals surface area contributed by atoms with Gasteiger partial charge >= 0.3 is 6.18 Å². The molecule has 19 heavy (non-hydrogen) atoms. The fourth-order valence-corrected chi connectivity index (χ4v) is 1.81. The molecule has 0 radical (unpaired) electrons. The summed E-state index contributed by atoms with van der Waals surface area (Å²) in [6.07, 6.45) is -4.30. The Balaban J connectivity index is 3.27. The molecule has 0 fully saturated rings. The van der Waals surface area contributed by atoms with Gasteiger partial charge in [-0.25, -0.2) is 0 Å². The van der Waals surface area contributed by atoms with Crippen LogP contribution in [-0.4, -0.2) is 29.0 Å². The number of alkyl halides is 3. The summed E-state index contributed by atoms with van der Waals surface area (Å²) in [4.78, 5) is 1.18. The zero-order valence-electron chi connectivity index (χ0n) is 11.5. The van der Waals surface area contributed by atoms with Gasteiger partial charge in [0.15, 0.2) is 5.82 Å². The maximum atomic E-state index is 12.6. The van der Waals surface area contributed by atoms with Gasteiger partial charge in [-0.15, -0.1) is 5.10 Å². The average Bonchev–Trinajstić information content (AvgIpc) is 2.28. The van der Waals surface area contributed by atoms with Crippen molar-refractivity contribution in [1.29, 1.82) is 0 Å². The van der Waals surface area contributed by atoms with Crippen molar-refractivity contribution in [3.05, 3.63) is 16.8 Å². The third-order valence-electron chi connectivity index (χ3n) is 3.01. The molecule has 1 aromatic heterocycles. The Bertz CT molecular complexity index is 443. The molecule has 2 N–H and O–H groups in total. The van der Waals surface area contributed by atoms with Crippen LogP contribution in [0.5, 0.6) is 0 Å². The first-order valence-corrected chi connectivity index (χ1v) is 6.03. The fraction of sp³-hybridized carbons (Fsp3) is 0.667. The zero-order valence-corrected chi connectivity index (χ0v) is 11.5. The molecule has 0 saturated carbocycles. The van der Waals surface area contributed by atoms with Gasteiger partial charge in [-0.3, -0.25) is 0 Å². The van der Waals surface area contributed by atoms with Gasteiger partial charge in [-0.1, -0.05) is 0 Å². The highest BCUT2D eigenvalue weighted by atomic mass is 19.4. The predicted octanol–water partition coefficient (Wildman–Crippen LogP) is 2.33. The van der Waals surface area contributed by atoms with Crippen molar-refractivity contribution < 1.29 is 13.2 Å². The number of halogens is 3. The van der Waals surface area contributed by atoms with Crippen molar-refractivity contribution in [2.75, 3.05) is 11.4 Å². The summed E-state index contributed by atoms with van der Waals surface area (Å²) in [5.74, 6) is 0.220. The van der Waals surface area contributed by atoms with Crippen LogP contribution in [0.4, 0.5) is 19.0 Å². The fourth-order valence-electron chi connectivity index (χ4n) is 1.81. The summed E-state index contributed by atoms with van der Waals surface area (Å²) in [5.41, 5.74) is 7.73. The van der Waals surface area contributed by atoms with E-state index in [1.807, 2.05) is 0 Å². The Morgan fingerprint density at radius 3 is 2.21 bits per heavy atom. The molecular formula is C12H19F3N4. The number of nitrogens with two attached hydrogens (primary N) is 1. The molecule has 0 amide bonds. The summed E-state index contributed by atoms with van der Waals surface area (Å²) in [5, 5.41) is 7.82. The van der Waals surface area contributed by atoms with Crippen LogP contribution in [0, 0.1) is 13.8 Å². The van der Waals surface area contributed by atoms with Gasteiger partial charge in [0.25, 0.3) is 0 Å². The van der Waals surface area contributed by atoms with Gasteiger partial charge in [0.05, 0.1) is 5.69 Å². The normalized spacial score (nSPS) is 12.1. The van der Waals surface area contributed by atoms with Crippen LogP contribution >= 0.6 is 0 Å². The van der Waals surface area contributed by atoms with Crippen molar-refractivity contribution in [2.24, 2.45) is 5.73 Å². The van der Waals surface area contributed by atoms with Crippen molar-refractivity contribution in [3.8, 4) is 0 Å². The number of hydrogen-bond acceptors (Lipinski definition) is 4. The van der Waals surface area contributed by atoms with Crippen LogP contribution in [0.25, 0.3) is 0 Å². The number of aryl methyl sites for hydroxylation is 1. The number of nitrogens with zero attached hydrogens (tertiary/aromatic N) is 3. The first-order chi connectivity index (χ1) is 8.67. The largest absolute Gasteiger partial charge is 0.405 e. The van der Waals surface area contributed by atoms with Gasteiger partial charge in [0, 0.05) is 18.2 Å². The summed E-state index contributed by atoms with van der Waals surface area (Å²) in [6, 6.07) is -0.344. The van der Waals surface area contributed by atoms with E-state index in [1.54, 1.807) is 27.7 Å². The van der Waals surface area contributed by atoms with E-state index in [2.05, 4.69) is 10.2 Å². The lowest BCUT2D eigenvalue weighted by atomic mass is 10.1. The minimum Gasteiger partial charge on any atom is -0.343 e. The second-order valence-electron chi connectivity index (χ2n) is 4.75. The van der Waals surface area contributed by atoms with Crippen molar-refractivity contribution >= 4 is 5.82 Å². The SMILES string of the molecule is Cc1nnc(N(CC(F)(F)F)C(C)C)c(CN)c1C. The highest BCUT2D eigenvalue weighted by Crippen LogP contribution is 2.27. The Morgan fingerprint density at radius 1 is 1.21 bits per heavy atom.